The third-order valence-corrected chi connectivity index (χ3v) is 7.36. The number of epoxide rings is 1. The number of hydrogen-bond acceptors (Lipinski definition) is 6. The van der Waals surface area contributed by atoms with Gasteiger partial charge in [0.15, 0.2) is 0 Å². The Hall–Kier alpha value is -2.36. The van der Waals surface area contributed by atoms with Gasteiger partial charge in [-0.15, -0.1) is 11.8 Å². The molecule has 3 aliphatic heterocycles. The zero-order chi connectivity index (χ0) is 23.2. The highest BCUT2D eigenvalue weighted by molar-refractivity contribution is 8.00. The second kappa shape index (κ2) is 11.2. The molecular formula is C24H30N2O6S. The summed E-state index contributed by atoms with van der Waals surface area (Å²) in [7, 11) is 0. The van der Waals surface area contributed by atoms with Gasteiger partial charge in [0.25, 0.3) is 0 Å². The summed E-state index contributed by atoms with van der Waals surface area (Å²) >= 11 is 1.43. The van der Waals surface area contributed by atoms with Crippen molar-refractivity contribution in [3.05, 3.63) is 42.5 Å². The molecule has 3 heterocycles. The lowest BCUT2D eigenvalue weighted by atomic mass is 9.77. The molecule has 9 heteroatoms. The van der Waals surface area contributed by atoms with Crippen LogP contribution in [0, 0.1) is 11.8 Å². The van der Waals surface area contributed by atoms with Gasteiger partial charge < -0.3 is 25.2 Å². The number of aliphatic carboxylic acids is 1. The molecular weight excluding hydrogens is 444 g/mol. The molecule has 0 spiro atoms. The lowest BCUT2D eigenvalue weighted by molar-refractivity contribution is -0.137. The van der Waals surface area contributed by atoms with E-state index in [1.54, 1.807) is 0 Å². The first-order chi connectivity index (χ1) is 16.0. The highest BCUT2D eigenvalue weighted by atomic mass is 32.2. The maximum absolute atomic E-state index is 12.3. The van der Waals surface area contributed by atoms with E-state index in [1.165, 1.54) is 11.8 Å². The van der Waals surface area contributed by atoms with E-state index in [9.17, 15) is 14.4 Å². The molecule has 0 saturated carbocycles. The average molecular weight is 475 g/mol. The van der Waals surface area contributed by atoms with Crippen molar-refractivity contribution in [2.45, 2.75) is 55.0 Å². The number of amides is 2. The minimum atomic E-state index is -0.774. The summed E-state index contributed by atoms with van der Waals surface area (Å²) in [4.78, 5) is 35.9. The van der Waals surface area contributed by atoms with Crippen molar-refractivity contribution in [1.82, 2.24) is 10.6 Å². The molecule has 3 fully saturated rings. The van der Waals surface area contributed by atoms with Gasteiger partial charge >= 0.3 is 5.97 Å². The summed E-state index contributed by atoms with van der Waals surface area (Å²) in [6.07, 6.45) is 6.84. The fourth-order valence-corrected chi connectivity index (χ4v) is 5.44. The Balaban J connectivity index is 1.17. The molecule has 2 bridgehead atoms. The molecule has 1 aromatic rings. The molecule has 8 nitrogen and oxygen atoms in total. The summed E-state index contributed by atoms with van der Waals surface area (Å²) in [5.41, 5.74) is 0. The van der Waals surface area contributed by atoms with Crippen LogP contribution in [-0.4, -0.2) is 66.1 Å². The minimum absolute atomic E-state index is 0.00238. The SMILES string of the molecule is O=C(O)CCC/C=C\C[C@H]1[C@@H](CNC(=O)CNC(=O)CSc2ccccc2)[C@@H]2O[C@H]1[C@@H]1O[C@@H]12. The van der Waals surface area contributed by atoms with Gasteiger partial charge in [0.1, 0.15) is 12.2 Å². The second-order valence-corrected chi connectivity index (χ2v) is 9.68. The summed E-state index contributed by atoms with van der Waals surface area (Å²) in [6, 6.07) is 9.65. The van der Waals surface area contributed by atoms with E-state index in [-0.39, 0.29) is 66.8 Å². The number of nitrogens with one attached hydrogen (secondary N) is 2. The maximum atomic E-state index is 12.3. The van der Waals surface area contributed by atoms with Crippen molar-refractivity contribution in [3.8, 4) is 0 Å². The van der Waals surface area contributed by atoms with Gasteiger partial charge in [0, 0.05) is 23.8 Å². The summed E-state index contributed by atoms with van der Waals surface area (Å²) in [5.74, 6) is -0.487. The van der Waals surface area contributed by atoms with E-state index in [0.29, 0.717) is 13.0 Å². The first-order valence-electron chi connectivity index (χ1n) is 11.4. The molecule has 3 aliphatic rings. The predicted molar refractivity (Wildman–Crippen MR) is 123 cm³/mol. The van der Waals surface area contributed by atoms with Crippen LogP contribution in [0.25, 0.3) is 0 Å². The van der Waals surface area contributed by atoms with E-state index in [2.05, 4.69) is 16.7 Å². The van der Waals surface area contributed by atoms with Crippen LogP contribution in [0.5, 0.6) is 0 Å². The molecule has 33 heavy (non-hydrogen) atoms. The van der Waals surface area contributed by atoms with Crippen molar-refractivity contribution < 1.29 is 29.0 Å². The van der Waals surface area contributed by atoms with Gasteiger partial charge in [0.05, 0.1) is 24.5 Å². The Kier molecular flexibility index (Phi) is 8.06. The number of carbonyl (C=O) groups excluding carboxylic acids is 2. The standard InChI is InChI=1S/C24H30N2O6S/c27-18(13-26-19(28)14-33-15-8-4-3-5-9-15)25-12-17-16(10-6-1-2-7-11-20(29)30)21-23-24(32-23)22(17)31-21/h1,3-6,8-9,16-17,21-24H,2,7,10-14H2,(H,25,27)(H,26,28)(H,29,30)/b6-1-/t16-,17+,21+,22-,23-,24+/m0/s1. The van der Waals surface area contributed by atoms with E-state index < -0.39 is 5.97 Å². The summed E-state index contributed by atoms with van der Waals surface area (Å²) in [6.45, 7) is 0.436. The zero-order valence-electron chi connectivity index (χ0n) is 18.4. The lowest BCUT2D eigenvalue weighted by Crippen LogP contribution is -2.44. The van der Waals surface area contributed by atoms with E-state index in [4.69, 9.17) is 14.6 Å². The van der Waals surface area contributed by atoms with Gasteiger partial charge in [-0.3, -0.25) is 14.4 Å². The fourth-order valence-electron chi connectivity index (χ4n) is 4.69. The minimum Gasteiger partial charge on any atom is -0.481 e. The maximum Gasteiger partial charge on any atom is 0.303 e. The monoisotopic (exact) mass is 474 g/mol. The van der Waals surface area contributed by atoms with Crippen LogP contribution in [0.15, 0.2) is 47.4 Å². The van der Waals surface area contributed by atoms with Gasteiger partial charge in [-0.2, -0.15) is 0 Å². The molecule has 2 amide bonds. The van der Waals surface area contributed by atoms with Crippen molar-refractivity contribution in [1.29, 1.82) is 0 Å². The third-order valence-electron chi connectivity index (χ3n) is 6.35. The molecule has 0 aromatic heterocycles. The van der Waals surface area contributed by atoms with E-state index >= 15 is 0 Å². The molecule has 3 saturated heterocycles. The number of hydrogen-bond donors (Lipinski definition) is 3. The number of carboxylic acids is 1. The molecule has 0 radical (unpaired) electrons. The zero-order valence-corrected chi connectivity index (χ0v) is 19.2. The summed E-state index contributed by atoms with van der Waals surface area (Å²) < 4.78 is 11.8. The first kappa shape index (κ1) is 23.8. The summed E-state index contributed by atoms with van der Waals surface area (Å²) in [5, 5.41) is 14.3. The van der Waals surface area contributed by atoms with Gasteiger partial charge in [-0.25, -0.2) is 0 Å². The molecule has 3 N–H and O–H groups in total. The van der Waals surface area contributed by atoms with Crippen LogP contribution in [0.3, 0.4) is 0 Å². The highest BCUT2D eigenvalue weighted by Crippen LogP contribution is 2.54. The molecule has 4 rings (SSSR count). The molecule has 0 aliphatic carbocycles. The Morgan fingerprint density at radius 2 is 1.67 bits per heavy atom. The topological polar surface area (TPSA) is 117 Å². The third kappa shape index (κ3) is 6.37. The lowest BCUT2D eigenvalue weighted by Gasteiger charge is -2.25. The predicted octanol–water partition coefficient (Wildman–Crippen LogP) is 1.99. The fraction of sp³-hybridized carbons (Fsp3) is 0.542. The van der Waals surface area contributed by atoms with Gasteiger partial charge in [-0.05, 0) is 37.3 Å². The first-order valence-corrected chi connectivity index (χ1v) is 12.4. The van der Waals surface area contributed by atoms with Gasteiger partial charge in [0.2, 0.25) is 11.8 Å². The molecule has 6 atom stereocenters. The second-order valence-electron chi connectivity index (χ2n) is 8.63. The molecule has 0 unspecified atom stereocenters. The Bertz CT molecular complexity index is 879. The van der Waals surface area contributed by atoms with Crippen LogP contribution in [0.1, 0.15) is 25.7 Å². The number of allylic oxidation sites excluding steroid dienone is 2. The number of unbranched alkanes of at least 4 members (excludes halogenated alkanes) is 1. The average Bonchev–Trinajstić information content (AvgIpc) is 3.44. The van der Waals surface area contributed by atoms with Crippen molar-refractivity contribution in [2.24, 2.45) is 11.8 Å². The van der Waals surface area contributed by atoms with Crippen molar-refractivity contribution in [2.75, 3.05) is 18.8 Å². The Morgan fingerprint density at radius 1 is 0.939 bits per heavy atom. The van der Waals surface area contributed by atoms with Crippen LogP contribution < -0.4 is 10.6 Å². The number of rotatable bonds is 13. The number of fused-ring (bicyclic) bond motifs is 5. The molecule has 178 valence electrons. The van der Waals surface area contributed by atoms with Crippen molar-refractivity contribution >= 4 is 29.5 Å². The quantitative estimate of drug-likeness (QED) is 0.173. The number of thioether (sulfide) groups is 1. The normalized spacial score (nSPS) is 29.1. The number of carbonyl (C=O) groups is 3. The number of ether oxygens (including phenoxy) is 2. The largest absolute Gasteiger partial charge is 0.481 e. The smallest absolute Gasteiger partial charge is 0.303 e. The Morgan fingerprint density at radius 3 is 2.42 bits per heavy atom. The Labute approximate surface area is 197 Å². The van der Waals surface area contributed by atoms with Gasteiger partial charge in [-0.1, -0.05) is 30.4 Å². The van der Waals surface area contributed by atoms with Crippen LogP contribution >= 0.6 is 11.8 Å². The van der Waals surface area contributed by atoms with E-state index in [0.717, 1.165) is 17.7 Å². The van der Waals surface area contributed by atoms with E-state index in [1.807, 2.05) is 36.4 Å². The highest BCUT2D eigenvalue weighted by Gasteiger charge is 2.68. The van der Waals surface area contributed by atoms with Crippen LogP contribution in [0.4, 0.5) is 0 Å². The number of benzene rings is 1. The van der Waals surface area contributed by atoms with Crippen LogP contribution in [-0.2, 0) is 23.9 Å². The number of carboxylic acid groups (broad SMARTS) is 1. The van der Waals surface area contributed by atoms with Crippen molar-refractivity contribution in [3.63, 3.8) is 0 Å². The van der Waals surface area contributed by atoms with Crippen LogP contribution in [0.2, 0.25) is 0 Å². The molecule has 1 aromatic carbocycles.